The van der Waals surface area contributed by atoms with Crippen LogP contribution in [0.25, 0.3) is 11.1 Å². The van der Waals surface area contributed by atoms with Crippen molar-refractivity contribution in [2.45, 2.75) is 33.2 Å². The molecule has 0 spiro atoms. The van der Waals surface area contributed by atoms with E-state index in [0.29, 0.717) is 46.7 Å². The Labute approximate surface area is 238 Å². The molecule has 1 unspecified atom stereocenters. The Morgan fingerprint density at radius 1 is 1.10 bits per heavy atom. The smallest absolute Gasteiger partial charge is 0.271 e. The summed E-state index contributed by atoms with van der Waals surface area (Å²) in [5, 5.41) is 4.03. The van der Waals surface area contributed by atoms with Gasteiger partial charge in [0.1, 0.15) is 29.4 Å². The van der Waals surface area contributed by atoms with Crippen LogP contribution >= 0.6 is 11.6 Å². The van der Waals surface area contributed by atoms with Gasteiger partial charge in [-0.25, -0.2) is 19.9 Å². The molecule has 12 heteroatoms. The van der Waals surface area contributed by atoms with E-state index in [1.165, 1.54) is 11.2 Å². The number of nitrogen functional groups attached to an aromatic ring is 2. The number of anilines is 3. The minimum atomic E-state index is -0.295. The molecule has 0 aliphatic rings. The number of aromatic nitrogens is 5. The van der Waals surface area contributed by atoms with Crippen LogP contribution in [-0.4, -0.2) is 56.4 Å². The number of nitrogens with zero attached hydrogens (tertiary/aromatic N) is 6. The van der Waals surface area contributed by atoms with Crippen molar-refractivity contribution in [3.63, 3.8) is 0 Å². The molecule has 5 N–H and O–H groups in total. The maximum atomic E-state index is 12.4. The maximum absolute atomic E-state index is 12.4. The van der Waals surface area contributed by atoms with Crippen LogP contribution in [0.1, 0.15) is 52.6 Å². The average Bonchev–Trinajstić information content (AvgIpc) is 2.93. The van der Waals surface area contributed by atoms with Gasteiger partial charge in [-0.2, -0.15) is 0 Å². The number of pyridine rings is 1. The molecule has 0 bridgehead atoms. The van der Waals surface area contributed by atoms with Gasteiger partial charge in [0.15, 0.2) is 0 Å². The highest BCUT2D eigenvalue weighted by Gasteiger charge is 2.23. The van der Waals surface area contributed by atoms with Crippen molar-refractivity contribution in [2.75, 3.05) is 37.5 Å². The van der Waals surface area contributed by atoms with E-state index in [2.05, 4.69) is 30.2 Å². The molecule has 0 radical (unpaired) electrons. The van der Waals surface area contributed by atoms with E-state index < -0.39 is 0 Å². The van der Waals surface area contributed by atoms with E-state index in [1.807, 2.05) is 32.9 Å². The quantitative estimate of drug-likeness (QED) is 0.268. The van der Waals surface area contributed by atoms with E-state index in [9.17, 15) is 4.79 Å². The Balaban J connectivity index is 1.74. The number of benzene rings is 1. The summed E-state index contributed by atoms with van der Waals surface area (Å²) in [6.45, 7) is 6.27. The van der Waals surface area contributed by atoms with Gasteiger partial charge in [0.25, 0.3) is 5.91 Å². The van der Waals surface area contributed by atoms with Crippen LogP contribution in [0.3, 0.4) is 0 Å². The molecule has 4 rings (SSSR count). The summed E-state index contributed by atoms with van der Waals surface area (Å²) in [6.07, 6.45) is 6.77. The number of hydrogen-bond donors (Lipinski definition) is 3. The zero-order valence-electron chi connectivity index (χ0n) is 23.1. The highest BCUT2D eigenvalue weighted by atomic mass is 35.5. The molecule has 1 atom stereocenters. The number of amides is 1. The molecule has 40 heavy (non-hydrogen) atoms. The van der Waals surface area contributed by atoms with Crippen molar-refractivity contribution in [2.24, 2.45) is 0 Å². The molecular formula is C28H32ClN9O2. The molecule has 4 aromatic rings. The average molecular weight is 562 g/mol. The van der Waals surface area contributed by atoms with Crippen LogP contribution in [0.2, 0.25) is 5.02 Å². The summed E-state index contributed by atoms with van der Waals surface area (Å²) in [6, 6.07) is 5.14. The van der Waals surface area contributed by atoms with Gasteiger partial charge in [-0.05, 0) is 44.0 Å². The predicted octanol–water partition coefficient (Wildman–Crippen LogP) is 4.32. The number of carbonyl (C=O) groups is 1. The van der Waals surface area contributed by atoms with Gasteiger partial charge in [0, 0.05) is 66.4 Å². The molecule has 0 aliphatic heterocycles. The van der Waals surface area contributed by atoms with Crippen molar-refractivity contribution in [1.82, 2.24) is 29.8 Å². The Kier molecular flexibility index (Phi) is 8.64. The van der Waals surface area contributed by atoms with Crippen LogP contribution in [0, 0.1) is 6.92 Å². The summed E-state index contributed by atoms with van der Waals surface area (Å²) in [7, 11) is 3.38. The summed E-state index contributed by atoms with van der Waals surface area (Å²) < 4.78 is 6.21. The van der Waals surface area contributed by atoms with Crippen molar-refractivity contribution in [1.29, 1.82) is 0 Å². The Morgan fingerprint density at radius 3 is 2.45 bits per heavy atom. The SMILES string of the molecule is CCOc1c(C(C)Nc2ncnc(N)c2Cc2cnc(N)nc2)cc(Cl)c(C)c1-c1ccc(C(=O)N(C)C)nc1. The van der Waals surface area contributed by atoms with E-state index in [4.69, 9.17) is 27.8 Å². The van der Waals surface area contributed by atoms with E-state index in [0.717, 1.165) is 27.8 Å². The fraction of sp³-hybridized carbons (Fsp3) is 0.286. The topological polar surface area (TPSA) is 158 Å². The lowest BCUT2D eigenvalue weighted by Crippen LogP contribution is -2.22. The van der Waals surface area contributed by atoms with Crippen molar-refractivity contribution in [3.8, 4) is 16.9 Å². The first-order valence-corrected chi connectivity index (χ1v) is 13.0. The van der Waals surface area contributed by atoms with Crippen molar-refractivity contribution >= 4 is 35.1 Å². The minimum Gasteiger partial charge on any atom is -0.493 e. The molecule has 208 valence electrons. The van der Waals surface area contributed by atoms with Crippen LogP contribution in [0.4, 0.5) is 17.6 Å². The zero-order chi connectivity index (χ0) is 29.0. The molecule has 1 amide bonds. The second-order valence-corrected chi connectivity index (χ2v) is 9.83. The molecule has 1 aromatic carbocycles. The second kappa shape index (κ2) is 12.1. The van der Waals surface area contributed by atoms with E-state index >= 15 is 0 Å². The second-order valence-electron chi connectivity index (χ2n) is 9.42. The molecule has 0 saturated heterocycles. The third-order valence-corrected chi connectivity index (χ3v) is 6.77. The highest BCUT2D eigenvalue weighted by molar-refractivity contribution is 6.32. The molecule has 11 nitrogen and oxygen atoms in total. The molecule has 0 fully saturated rings. The summed E-state index contributed by atoms with van der Waals surface area (Å²) in [5.41, 5.74) is 17.0. The van der Waals surface area contributed by atoms with Crippen molar-refractivity contribution in [3.05, 3.63) is 76.1 Å². The molecular weight excluding hydrogens is 530 g/mol. The number of nitrogens with one attached hydrogen (secondary N) is 1. The summed E-state index contributed by atoms with van der Waals surface area (Å²) >= 11 is 6.75. The van der Waals surface area contributed by atoms with Crippen LogP contribution < -0.4 is 21.5 Å². The van der Waals surface area contributed by atoms with Crippen LogP contribution in [0.15, 0.2) is 43.1 Å². The standard InChI is InChI=1S/C28H32ClN9O2/c1-6-40-24-19(10-21(29)15(2)23(24)18-7-8-22(32-13-18)27(39)38(4)5)16(3)37-26-20(25(30)35-14-36-26)9-17-11-33-28(31)34-12-17/h7-8,10-14,16H,6,9H2,1-5H3,(H2,31,33,34)(H3,30,35,36,37). The first-order valence-electron chi connectivity index (χ1n) is 12.7. The van der Waals surface area contributed by atoms with Gasteiger partial charge >= 0.3 is 0 Å². The number of ether oxygens (including phenoxy) is 1. The van der Waals surface area contributed by atoms with Gasteiger partial charge in [0.05, 0.1) is 12.6 Å². The van der Waals surface area contributed by atoms with Gasteiger partial charge < -0.3 is 26.4 Å². The van der Waals surface area contributed by atoms with E-state index in [-0.39, 0.29) is 17.9 Å². The molecule has 3 aromatic heterocycles. The molecule has 3 heterocycles. The van der Waals surface area contributed by atoms with Gasteiger partial charge in [-0.15, -0.1) is 0 Å². The highest BCUT2D eigenvalue weighted by Crippen LogP contribution is 2.43. The number of halogens is 1. The lowest BCUT2D eigenvalue weighted by molar-refractivity contribution is 0.0822. The summed E-state index contributed by atoms with van der Waals surface area (Å²) in [5.74, 6) is 1.58. The number of carbonyl (C=O) groups excluding carboxylic acids is 1. The number of hydrogen-bond acceptors (Lipinski definition) is 10. The van der Waals surface area contributed by atoms with Crippen LogP contribution in [-0.2, 0) is 6.42 Å². The monoisotopic (exact) mass is 561 g/mol. The minimum absolute atomic E-state index is 0.177. The first kappa shape index (κ1) is 28.5. The lowest BCUT2D eigenvalue weighted by atomic mass is 9.94. The first-order chi connectivity index (χ1) is 19.1. The zero-order valence-corrected chi connectivity index (χ0v) is 23.8. The van der Waals surface area contributed by atoms with Gasteiger partial charge in [0.2, 0.25) is 5.95 Å². The Morgan fingerprint density at radius 2 is 1.82 bits per heavy atom. The number of nitrogens with two attached hydrogens (primary N) is 2. The van der Waals surface area contributed by atoms with Crippen LogP contribution in [0.5, 0.6) is 5.75 Å². The van der Waals surface area contributed by atoms with Gasteiger partial charge in [-0.1, -0.05) is 17.7 Å². The Bertz CT molecular complexity index is 1510. The maximum Gasteiger partial charge on any atom is 0.271 e. The summed E-state index contributed by atoms with van der Waals surface area (Å²) in [4.78, 5) is 35.0. The van der Waals surface area contributed by atoms with Crippen molar-refractivity contribution < 1.29 is 9.53 Å². The third kappa shape index (κ3) is 6.04. The molecule has 0 saturated carbocycles. The van der Waals surface area contributed by atoms with E-state index in [1.54, 1.807) is 38.8 Å². The lowest BCUT2D eigenvalue weighted by Gasteiger charge is -2.24. The predicted molar refractivity (Wildman–Crippen MR) is 156 cm³/mol. The fourth-order valence-electron chi connectivity index (χ4n) is 4.28. The third-order valence-electron chi connectivity index (χ3n) is 6.38. The van der Waals surface area contributed by atoms with Gasteiger partial charge in [-0.3, -0.25) is 9.78 Å². The Hall–Kier alpha value is -4.51. The largest absolute Gasteiger partial charge is 0.493 e. The fourth-order valence-corrected chi connectivity index (χ4v) is 4.49. The molecule has 0 aliphatic carbocycles. The number of rotatable bonds is 9. The normalized spacial score (nSPS) is 11.7.